The van der Waals surface area contributed by atoms with Crippen LogP contribution in [0.3, 0.4) is 0 Å². The largest absolute Gasteiger partial charge is 0.395 e. The molecule has 1 saturated heterocycles. The molecule has 1 atom stereocenters. The Labute approximate surface area is 197 Å². The first-order valence-electron chi connectivity index (χ1n) is 10.2. The van der Waals surface area contributed by atoms with E-state index in [0.29, 0.717) is 23.4 Å². The van der Waals surface area contributed by atoms with E-state index in [1.54, 1.807) is 24.3 Å². The number of primary sulfonamides is 1. The van der Waals surface area contributed by atoms with Crippen molar-refractivity contribution in [3.05, 3.63) is 42.0 Å². The lowest BCUT2D eigenvalue weighted by Crippen LogP contribution is -2.33. The Bertz CT molecular complexity index is 1220. The number of sulfonamides is 2. The second-order valence-electron chi connectivity index (χ2n) is 7.46. The average Bonchev–Trinajstić information content (AvgIpc) is 3.34. The van der Waals surface area contributed by atoms with Crippen LogP contribution in [0.25, 0.3) is 11.1 Å². The Morgan fingerprint density at radius 3 is 2.41 bits per heavy atom. The average molecular weight is 516 g/mol. The van der Waals surface area contributed by atoms with Crippen molar-refractivity contribution in [3.8, 4) is 11.1 Å². The highest BCUT2D eigenvalue weighted by Crippen LogP contribution is 2.37. The number of hydrogen-bond donors (Lipinski definition) is 10. The number of benzene rings is 2. The topological polar surface area (TPSA) is 239 Å². The molecule has 0 aromatic heterocycles. The summed E-state index contributed by atoms with van der Waals surface area (Å²) in [5.41, 5.74) is 23.6. The van der Waals surface area contributed by atoms with Gasteiger partial charge in [0, 0.05) is 36.9 Å². The molecular weight excluding hydrogens is 486 g/mol. The molecule has 3 rings (SSSR count). The Hall–Kier alpha value is -2.22. The predicted molar refractivity (Wildman–Crippen MR) is 126 cm³/mol. The SMILES string of the molecule is NCCNS(=O)(=O)c1ccc(-c2cccc(NC[C@H](N)CO)c2)c(C2NNNN2)c1S(N)(=O)=O. The van der Waals surface area contributed by atoms with Crippen LogP contribution in [0.2, 0.25) is 0 Å². The van der Waals surface area contributed by atoms with E-state index in [1.807, 2.05) is 0 Å². The summed E-state index contributed by atoms with van der Waals surface area (Å²) in [6, 6.07) is 9.21. The van der Waals surface area contributed by atoms with Gasteiger partial charge < -0.3 is 21.9 Å². The van der Waals surface area contributed by atoms with E-state index in [1.165, 1.54) is 12.1 Å². The van der Waals surface area contributed by atoms with Gasteiger partial charge in [0.2, 0.25) is 20.0 Å². The summed E-state index contributed by atoms with van der Waals surface area (Å²) in [6.45, 7) is 0.0465. The third-order valence-corrected chi connectivity index (χ3v) is 7.57. The number of aliphatic hydroxyl groups excluding tert-OH is 1. The maximum absolute atomic E-state index is 12.9. The van der Waals surface area contributed by atoms with E-state index in [4.69, 9.17) is 21.7 Å². The highest BCUT2D eigenvalue weighted by atomic mass is 32.2. The van der Waals surface area contributed by atoms with Crippen LogP contribution in [-0.2, 0) is 20.0 Å². The van der Waals surface area contributed by atoms with Crippen molar-refractivity contribution in [2.45, 2.75) is 22.0 Å². The molecule has 13 N–H and O–H groups in total. The highest BCUT2D eigenvalue weighted by Gasteiger charge is 2.34. The lowest BCUT2D eigenvalue weighted by Gasteiger charge is -2.22. The Balaban J connectivity index is 2.21. The molecule has 0 spiro atoms. The zero-order valence-corrected chi connectivity index (χ0v) is 19.7. The van der Waals surface area contributed by atoms with Crippen LogP contribution in [0, 0.1) is 0 Å². The summed E-state index contributed by atoms with van der Waals surface area (Å²) in [6.07, 6.45) is -0.868. The van der Waals surface area contributed by atoms with E-state index in [9.17, 15) is 16.8 Å². The van der Waals surface area contributed by atoms with Crippen molar-refractivity contribution in [2.24, 2.45) is 16.6 Å². The molecule has 0 bridgehead atoms. The zero-order valence-electron chi connectivity index (χ0n) is 18.1. The van der Waals surface area contributed by atoms with Gasteiger partial charge in [-0.25, -0.2) is 37.5 Å². The molecule has 1 heterocycles. The summed E-state index contributed by atoms with van der Waals surface area (Å²) < 4.78 is 53.5. The van der Waals surface area contributed by atoms with Gasteiger partial charge in [-0.3, -0.25) is 0 Å². The summed E-state index contributed by atoms with van der Waals surface area (Å²) in [4.78, 5) is -1.06. The Morgan fingerprint density at radius 1 is 1.09 bits per heavy atom. The van der Waals surface area contributed by atoms with Crippen molar-refractivity contribution in [1.82, 2.24) is 26.6 Å². The molecule has 16 heteroatoms. The molecule has 1 fully saturated rings. The van der Waals surface area contributed by atoms with Crippen molar-refractivity contribution in [1.29, 1.82) is 0 Å². The molecule has 2 aromatic carbocycles. The smallest absolute Gasteiger partial charge is 0.241 e. The molecular formula is C18H29N9O5S2. The molecule has 0 amide bonds. The first-order chi connectivity index (χ1) is 16.1. The number of anilines is 1. The van der Waals surface area contributed by atoms with Crippen LogP contribution < -0.4 is 48.6 Å². The van der Waals surface area contributed by atoms with Crippen LogP contribution in [0.15, 0.2) is 46.2 Å². The standard InChI is InChI=1S/C18H29N9O5S2/c19-6-7-23-34(31,32)15-5-4-14(11-2-1-3-13(8-11)22-9-12(20)10-28)16(17(15)33(21,29)30)18-24-26-27-25-18/h1-5,8,12,18,22-28H,6-7,9-10,19-20H2,(H2,21,29,30)/t12-/m0/s1. The Kier molecular flexibility index (Phi) is 8.55. The molecule has 2 aromatic rings. The van der Waals surface area contributed by atoms with Crippen molar-refractivity contribution < 1.29 is 21.9 Å². The summed E-state index contributed by atoms with van der Waals surface area (Å²) in [5.74, 6) is 0. The van der Waals surface area contributed by atoms with E-state index in [0.717, 1.165) is 0 Å². The molecule has 1 aliphatic heterocycles. The fraction of sp³-hybridized carbons (Fsp3) is 0.333. The first kappa shape index (κ1) is 26.4. The van der Waals surface area contributed by atoms with Gasteiger partial charge >= 0.3 is 0 Å². The minimum absolute atomic E-state index is 0.0220. The van der Waals surface area contributed by atoms with E-state index < -0.39 is 42.0 Å². The van der Waals surface area contributed by atoms with Crippen LogP contribution in [-0.4, -0.2) is 54.2 Å². The Morgan fingerprint density at radius 2 is 1.79 bits per heavy atom. The van der Waals surface area contributed by atoms with Crippen LogP contribution in [0.1, 0.15) is 11.7 Å². The van der Waals surface area contributed by atoms with Crippen LogP contribution >= 0.6 is 0 Å². The summed E-state index contributed by atoms with van der Waals surface area (Å²) in [5, 5.41) is 17.8. The number of nitrogens with one attached hydrogen (secondary N) is 6. The number of hydrogen-bond acceptors (Lipinski definition) is 12. The quantitative estimate of drug-likeness (QED) is 0.145. The summed E-state index contributed by atoms with van der Waals surface area (Å²) in [7, 11) is -8.77. The van der Waals surface area contributed by atoms with Crippen LogP contribution in [0.5, 0.6) is 0 Å². The normalized spacial score (nSPS) is 16.0. The van der Waals surface area contributed by atoms with Gasteiger partial charge in [-0.2, -0.15) is 11.1 Å². The van der Waals surface area contributed by atoms with Gasteiger partial charge in [0.15, 0.2) is 0 Å². The predicted octanol–water partition coefficient (Wildman–Crippen LogP) is -2.91. The first-order valence-corrected chi connectivity index (χ1v) is 13.2. The monoisotopic (exact) mass is 515 g/mol. The fourth-order valence-corrected chi connectivity index (χ4v) is 6.10. The van der Waals surface area contributed by atoms with Gasteiger partial charge in [0.05, 0.1) is 6.61 Å². The molecule has 0 saturated carbocycles. The minimum Gasteiger partial charge on any atom is -0.395 e. The number of rotatable bonds is 11. The molecule has 14 nitrogen and oxygen atoms in total. The lowest BCUT2D eigenvalue weighted by atomic mass is 9.97. The van der Waals surface area contributed by atoms with Gasteiger partial charge in [0.25, 0.3) is 0 Å². The van der Waals surface area contributed by atoms with Crippen molar-refractivity contribution >= 4 is 25.7 Å². The highest BCUT2D eigenvalue weighted by molar-refractivity contribution is 7.92. The number of aliphatic hydroxyl groups is 1. The maximum Gasteiger partial charge on any atom is 0.241 e. The van der Waals surface area contributed by atoms with E-state index >= 15 is 0 Å². The molecule has 0 aliphatic carbocycles. The van der Waals surface area contributed by atoms with Gasteiger partial charge in [-0.1, -0.05) is 18.2 Å². The number of hydrazine groups is 3. The van der Waals surface area contributed by atoms with Crippen LogP contribution in [0.4, 0.5) is 5.69 Å². The fourth-order valence-electron chi connectivity index (χ4n) is 3.40. The lowest BCUT2D eigenvalue weighted by molar-refractivity contribution is 0.270. The third-order valence-electron chi connectivity index (χ3n) is 4.93. The molecule has 1 aliphatic rings. The van der Waals surface area contributed by atoms with E-state index in [-0.39, 0.29) is 25.3 Å². The molecule has 34 heavy (non-hydrogen) atoms. The molecule has 0 unspecified atom stereocenters. The third kappa shape index (κ3) is 6.06. The second-order valence-corrected chi connectivity index (χ2v) is 10.7. The van der Waals surface area contributed by atoms with Crippen molar-refractivity contribution in [2.75, 3.05) is 31.6 Å². The van der Waals surface area contributed by atoms with Gasteiger partial charge in [-0.05, 0) is 29.3 Å². The molecule has 188 valence electrons. The second kappa shape index (κ2) is 11.0. The summed E-state index contributed by atoms with van der Waals surface area (Å²) >= 11 is 0. The minimum atomic E-state index is -4.52. The number of nitrogens with two attached hydrogens (primary N) is 3. The van der Waals surface area contributed by atoms with E-state index in [2.05, 4.69) is 32.0 Å². The zero-order chi connectivity index (χ0) is 24.9. The van der Waals surface area contributed by atoms with Crippen molar-refractivity contribution in [3.63, 3.8) is 0 Å². The molecule has 0 radical (unpaired) electrons. The van der Waals surface area contributed by atoms with Gasteiger partial charge in [-0.15, -0.1) is 0 Å². The maximum atomic E-state index is 12.9. The van der Waals surface area contributed by atoms with Gasteiger partial charge in [0.1, 0.15) is 16.0 Å².